The highest BCUT2D eigenvalue weighted by Crippen LogP contribution is 2.42. The van der Waals surface area contributed by atoms with Gasteiger partial charge in [0.1, 0.15) is 0 Å². The highest BCUT2D eigenvalue weighted by Gasteiger charge is 2.40. The second kappa shape index (κ2) is 12.1. The van der Waals surface area contributed by atoms with Gasteiger partial charge in [0.05, 0.1) is 31.0 Å². The molecule has 1 aromatic heterocycles. The number of pyridine rings is 1. The molecular weight excluding hydrogens is 482 g/mol. The van der Waals surface area contributed by atoms with Crippen molar-refractivity contribution in [2.45, 2.75) is 50.9 Å². The number of aromatic nitrogens is 1. The van der Waals surface area contributed by atoms with E-state index in [0.717, 1.165) is 42.6 Å². The standard InChI is InChI=1S/C30H35N3O5/c1-20-27(17-33-15-3-5-26(33)19-35)37-30(38-28(20)22-8-6-21(18-34)7-9-22)23-10-12-25(13-11-23)32-29(36)24-4-2-14-31-16-24/h2,4,6-14,16,20,26-28,30,34-35H,3,5,15,17-19H2,1H3,(H,32,36). The maximum absolute atomic E-state index is 12.5. The van der Waals surface area contributed by atoms with Crippen LogP contribution in [0.25, 0.3) is 0 Å². The third-order valence-corrected chi connectivity index (χ3v) is 7.61. The average molecular weight is 518 g/mol. The molecule has 2 aliphatic heterocycles. The lowest BCUT2D eigenvalue weighted by Crippen LogP contribution is -2.46. The fourth-order valence-electron chi connectivity index (χ4n) is 5.33. The summed E-state index contributed by atoms with van der Waals surface area (Å²) in [5.41, 5.74) is 3.91. The lowest BCUT2D eigenvalue weighted by Gasteiger charge is -2.43. The molecule has 200 valence electrons. The SMILES string of the molecule is CC1C(CN2CCCC2CO)OC(c2ccc(NC(=O)c3cccnc3)cc2)OC1c1ccc(CO)cc1. The van der Waals surface area contributed by atoms with Crippen LogP contribution in [0.3, 0.4) is 0 Å². The van der Waals surface area contributed by atoms with Crippen LogP contribution in [0.1, 0.15) is 59.2 Å². The number of amides is 1. The number of nitrogens with zero attached hydrogens (tertiary/aromatic N) is 2. The number of aliphatic hydroxyl groups excluding tert-OH is 2. The Bertz CT molecular complexity index is 1190. The lowest BCUT2D eigenvalue weighted by atomic mass is 9.90. The number of carbonyl (C=O) groups is 1. The van der Waals surface area contributed by atoms with Crippen LogP contribution in [0.4, 0.5) is 5.69 Å². The highest BCUT2D eigenvalue weighted by molar-refractivity contribution is 6.03. The van der Waals surface area contributed by atoms with E-state index in [9.17, 15) is 15.0 Å². The van der Waals surface area contributed by atoms with Gasteiger partial charge in [-0.25, -0.2) is 0 Å². The first-order valence-corrected chi connectivity index (χ1v) is 13.2. The van der Waals surface area contributed by atoms with Gasteiger partial charge in [-0.1, -0.05) is 43.3 Å². The first kappa shape index (κ1) is 26.5. The molecule has 8 heteroatoms. The Morgan fingerprint density at radius 3 is 2.50 bits per heavy atom. The average Bonchev–Trinajstić information content (AvgIpc) is 3.42. The molecule has 0 saturated carbocycles. The van der Waals surface area contributed by atoms with Crippen molar-refractivity contribution in [3.05, 3.63) is 95.3 Å². The van der Waals surface area contributed by atoms with Gasteiger partial charge in [0, 0.05) is 42.1 Å². The molecule has 3 heterocycles. The molecule has 0 bridgehead atoms. The van der Waals surface area contributed by atoms with Crippen molar-refractivity contribution in [2.75, 3.05) is 25.0 Å². The molecular formula is C30H35N3O5. The fourth-order valence-corrected chi connectivity index (χ4v) is 5.33. The summed E-state index contributed by atoms with van der Waals surface area (Å²) in [5.74, 6) is -0.149. The lowest BCUT2D eigenvalue weighted by molar-refractivity contribution is -0.276. The summed E-state index contributed by atoms with van der Waals surface area (Å²) in [6.07, 6.45) is 4.34. The summed E-state index contributed by atoms with van der Waals surface area (Å²) < 4.78 is 13.1. The van der Waals surface area contributed by atoms with Crippen molar-refractivity contribution in [1.82, 2.24) is 9.88 Å². The highest BCUT2D eigenvalue weighted by atomic mass is 16.7. The van der Waals surface area contributed by atoms with Crippen LogP contribution in [0.2, 0.25) is 0 Å². The Morgan fingerprint density at radius 2 is 1.82 bits per heavy atom. The normalized spacial score (nSPS) is 25.8. The summed E-state index contributed by atoms with van der Waals surface area (Å²) in [6, 6.07) is 19.0. The molecule has 3 aromatic rings. The van der Waals surface area contributed by atoms with Gasteiger partial charge >= 0.3 is 0 Å². The summed E-state index contributed by atoms with van der Waals surface area (Å²) in [5, 5.41) is 22.2. The van der Waals surface area contributed by atoms with Crippen LogP contribution >= 0.6 is 0 Å². The third-order valence-electron chi connectivity index (χ3n) is 7.61. The van der Waals surface area contributed by atoms with E-state index in [-0.39, 0.29) is 43.3 Å². The maximum Gasteiger partial charge on any atom is 0.257 e. The van der Waals surface area contributed by atoms with Crippen LogP contribution < -0.4 is 5.32 Å². The van der Waals surface area contributed by atoms with E-state index >= 15 is 0 Å². The van der Waals surface area contributed by atoms with E-state index in [1.165, 1.54) is 6.20 Å². The number of likely N-dealkylation sites (tertiary alicyclic amines) is 1. The topological polar surface area (TPSA) is 104 Å². The van der Waals surface area contributed by atoms with Gasteiger partial charge in [-0.2, -0.15) is 0 Å². The van der Waals surface area contributed by atoms with E-state index < -0.39 is 6.29 Å². The van der Waals surface area contributed by atoms with Crippen molar-refractivity contribution in [2.24, 2.45) is 5.92 Å². The van der Waals surface area contributed by atoms with Crippen molar-refractivity contribution in [1.29, 1.82) is 0 Å². The number of benzene rings is 2. The second-order valence-electron chi connectivity index (χ2n) is 10.1. The van der Waals surface area contributed by atoms with Crippen molar-refractivity contribution >= 4 is 11.6 Å². The molecule has 5 atom stereocenters. The Labute approximate surface area is 223 Å². The first-order valence-electron chi connectivity index (χ1n) is 13.2. The van der Waals surface area contributed by atoms with Gasteiger partial charge in [-0.05, 0) is 54.8 Å². The Morgan fingerprint density at radius 1 is 1.05 bits per heavy atom. The molecule has 2 aromatic carbocycles. The van der Waals surface area contributed by atoms with Crippen molar-refractivity contribution in [3.63, 3.8) is 0 Å². The predicted octanol–water partition coefficient (Wildman–Crippen LogP) is 4.07. The molecule has 0 radical (unpaired) electrons. The molecule has 0 spiro atoms. The number of aliphatic hydroxyl groups is 2. The molecule has 5 rings (SSSR count). The van der Waals surface area contributed by atoms with Crippen molar-refractivity contribution < 1.29 is 24.5 Å². The summed E-state index contributed by atoms with van der Waals surface area (Å²) in [6.45, 7) is 3.96. The number of hydrogen-bond donors (Lipinski definition) is 3. The van der Waals surface area contributed by atoms with Crippen LogP contribution in [0, 0.1) is 5.92 Å². The van der Waals surface area contributed by atoms with E-state index in [2.05, 4.69) is 22.1 Å². The van der Waals surface area contributed by atoms with Crippen molar-refractivity contribution in [3.8, 4) is 0 Å². The quantitative estimate of drug-likeness (QED) is 0.414. The van der Waals surface area contributed by atoms with Gasteiger partial charge in [0.15, 0.2) is 6.29 Å². The number of hydrogen-bond acceptors (Lipinski definition) is 7. The monoisotopic (exact) mass is 517 g/mol. The van der Waals surface area contributed by atoms with Gasteiger partial charge in [0.25, 0.3) is 5.91 Å². The minimum atomic E-state index is -0.586. The Kier molecular flexibility index (Phi) is 8.46. The smallest absolute Gasteiger partial charge is 0.257 e. The zero-order valence-corrected chi connectivity index (χ0v) is 21.6. The number of nitrogens with one attached hydrogen (secondary N) is 1. The number of rotatable bonds is 8. The summed E-state index contributed by atoms with van der Waals surface area (Å²) in [4.78, 5) is 18.8. The first-order chi connectivity index (χ1) is 18.6. The molecule has 2 fully saturated rings. The molecule has 3 N–H and O–H groups in total. The van der Waals surface area contributed by atoms with E-state index in [1.807, 2.05) is 48.5 Å². The summed E-state index contributed by atoms with van der Waals surface area (Å²) >= 11 is 0. The Balaban J connectivity index is 1.35. The zero-order valence-electron chi connectivity index (χ0n) is 21.6. The fraction of sp³-hybridized carbons (Fsp3) is 0.400. The molecule has 2 aliphatic rings. The predicted molar refractivity (Wildman–Crippen MR) is 143 cm³/mol. The van der Waals surface area contributed by atoms with Crippen LogP contribution in [-0.4, -0.2) is 57.8 Å². The number of carbonyl (C=O) groups excluding carboxylic acids is 1. The molecule has 0 aliphatic carbocycles. The third kappa shape index (κ3) is 5.95. The van der Waals surface area contributed by atoms with Crippen LogP contribution in [-0.2, 0) is 16.1 Å². The molecule has 1 amide bonds. The zero-order chi connectivity index (χ0) is 26.5. The van der Waals surface area contributed by atoms with Gasteiger partial charge in [-0.15, -0.1) is 0 Å². The maximum atomic E-state index is 12.5. The van der Waals surface area contributed by atoms with E-state index in [1.54, 1.807) is 18.3 Å². The molecule has 8 nitrogen and oxygen atoms in total. The number of ether oxygens (including phenoxy) is 2. The molecule has 5 unspecified atom stereocenters. The van der Waals surface area contributed by atoms with E-state index in [4.69, 9.17) is 9.47 Å². The Hall–Kier alpha value is -3.14. The minimum absolute atomic E-state index is 0.00308. The van der Waals surface area contributed by atoms with Gasteiger partial charge < -0.3 is 25.0 Å². The van der Waals surface area contributed by atoms with Crippen LogP contribution in [0.15, 0.2) is 73.1 Å². The van der Waals surface area contributed by atoms with Gasteiger partial charge in [0.2, 0.25) is 0 Å². The van der Waals surface area contributed by atoms with Gasteiger partial charge in [-0.3, -0.25) is 14.7 Å². The van der Waals surface area contributed by atoms with E-state index in [0.29, 0.717) is 11.3 Å². The second-order valence-corrected chi connectivity index (χ2v) is 10.1. The number of anilines is 1. The van der Waals surface area contributed by atoms with Crippen LogP contribution in [0.5, 0.6) is 0 Å². The minimum Gasteiger partial charge on any atom is -0.395 e. The summed E-state index contributed by atoms with van der Waals surface area (Å²) in [7, 11) is 0. The largest absolute Gasteiger partial charge is 0.395 e. The molecule has 2 saturated heterocycles. The molecule has 38 heavy (non-hydrogen) atoms.